The molecule has 0 atom stereocenters. The van der Waals surface area contributed by atoms with Crippen molar-refractivity contribution in [3.05, 3.63) is 76.8 Å². The zero-order chi connectivity index (χ0) is 21.9. The van der Waals surface area contributed by atoms with Crippen LogP contribution >= 0.6 is 0 Å². The maximum atomic E-state index is 13.2. The molecule has 30 heavy (non-hydrogen) atoms. The van der Waals surface area contributed by atoms with E-state index in [4.69, 9.17) is 0 Å². The summed E-state index contributed by atoms with van der Waals surface area (Å²) in [5.74, 6) is -1.08. The minimum atomic E-state index is -1.32. The monoisotopic (exact) mass is 408 g/mol. The molecule has 2 N–H and O–H groups in total. The lowest BCUT2D eigenvalue weighted by Gasteiger charge is -2.25. The summed E-state index contributed by atoms with van der Waals surface area (Å²) in [6.07, 6.45) is 0. The number of hydrogen-bond acceptors (Lipinski definition) is 4. The van der Waals surface area contributed by atoms with Crippen LogP contribution in [-0.2, 0) is 15.1 Å². The van der Waals surface area contributed by atoms with Crippen molar-refractivity contribution >= 4 is 23.2 Å². The van der Waals surface area contributed by atoms with Crippen LogP contribution in [-0.4, -0.2) is 21.6 Å². The van der Waals surface area contributed by atoms with Gasteiger partial charge >= 0.3 is 0 Å². The van der Waals surface area contributed by atoms with Crippen molar-refractivity contribution in [2.45, 2.75) is 26.3 Å². The Morgan fingerprint density at radius 1 is 0.967 bits per heavy atom. The molecule has 154 valence electrons. The zero-order valence-corrected chi connectivity index (χ0v) is 16.8. The highest BCUT2D eigenvalue weighted by atomic mass is 19.1. The lowest BCUT2D eigenvalue weighted by molar-refractivity contribution is -0.123. The number of carbonyl (C=O) groups is 2. The molecule has 0 saturated carbocycles. The first-order valence-electron chi connectivity index (χ1n) is 9.23. The normalized spacial score (nSPS) is 11.1. The standard InChI is InChI=1S/C22H21FN4O3/c1-14(28)24-17-5-4-6-18(13-17)25-21(30)22(2,3)27-20(29)12-11-19(26-27)15-7-9-16(23)10-8-15/h4-13H,1-3H3,(H,24,28)(H,25,30). The average molecular weight is 408 g/mol. The molecule has 0 bridgehead atoms. The van der Waals surface area contributed by atoms with Gasteiger partial charge in [0.15, 0.2) is 0 Å². The Morgan fingerprint density at radius 3 is 2.23 bits per heavy atom. The predicted molar refractivity (Wildman–Crippen MR) is 113 cm³/mol. The molecule has 1 heterocycles. The van der Waals surface area contributed by atoms with E-state index >= 15 is 0 Å². The summed E-state index contributed by atoms with van der Waals surface area (Å²) in [4.78, 5) is 36.6. The molecule has 0 fully saturated rings. The fourth-order valence-electron chi connectivity index (χ4n) is 2.84. The number of hydrogen-bond donors (Lipinski definition) is 2. The van der Waals surface area contributed by atoms with Gasteiger partial charge in [0.2, 0.25) is 5.91 Å². The summed E-state index contributed by atoms with van der Waals surface area (Å²) in [5.41, 5.74) is 0.270. The van der Waals surface area contributed by atoms with Gasteiger partial charge in [0.1, 0.15) is 11.4 Å². The number of rotatable bonds is 5. The highest BCUT2D eigenvalue weighted by Crippen LogP contribution is 2.21. The summed E-state index contributed by atoms with van der Waals surface area (Å²) in [6.45, 7) is 4.53. The maximum absolute atomic E-state index is 13.2. The third kappa shape index (κ3) is 4.60. The molecule has 1 aromatic heterocycles. The minimum absolute atomic E-state index is 0.229. The largest absolute Gasteiger partial charge is 0.326 e. The smallest absolute Gasteiger partial charge is 0.267 e. The fraction of sp³-hybridized carbons (Fsp3) is 0.182. The first kappa shape index (κ1) is 20.9. The third-order valence-corrected chi connectivity index (χ3v) is 4.47. The Balaban J connectivity index is 1.90. The molecule has 0 aliphatic rings. The SMILES string of the molecule is CC(=O)Nc1cccc(NC(=O)C(C)(C)n2nc(-c3ccc(F)cc3)ccc2=O)c1. The Morgan fingerprint density at radius 2 is 1.60 bits per heavy atom. The van der Waals surface area contributed by atoms with Gasteiger partial charge in [-0.15, -0.1) is 0 Å². The van der Waals surface area contributed by atoms with Crippen LogP contribution in [0.4, 0.5) is 15.8 Å². The van der Waals surface area contributed by atoms with Crippen LogP contribution in [0.25, 0.3) is 11.3 Å². The summed E-state index contributed by atoms with van der Waals surface area (Å²) in [7, 11) is 0. The number of amides is 2. The molecule has 2 amide bonds. The van der Waals surface area contributed by atoms with Crippen LogP contribution < -0.4 is 16.2 Å². The van der Waals surface area contributed by atoms with E-state index < -0.39 is 17.0 Å². The van der Waals surface area contributed by atoms with Crippen molar-refractivity contribution in [2.75, 3.05) is 10.6 Å². The van der Waals surface area contributed by atoms with Gasteiger partial charge in [-0.3, -0.25) is 14.4 Å². The van der Waals surface area contributed by atoms with Gasteiger partial charge in [-0.25, -0.2) is 9.07 Å². The van der Waals surface area contributed by atoms with Gasteiger partial charge < -0.3 is 10.6 Å². The molecule has 0 aliphatic carbocycles. The molecule has 2 aromatic carbocycles. The molecular weight excluding hydrogens is 387 g/mol. The second-order valence-corrected chi connectivity index (χ2v) is 7.25. The van der Waals surface area contributed by atoms with Gasteiger partial charge in [-0.05, 0) is 62.4 Å². The molecule has 0 aliphatic heterocycles. The summed E-state index contributed by atoms with van der Waals surface area (Å²) < 4.78 is 14.3. The van der Waals surface area contributed by atoms with E-state index in [0.29, 0.717) is 22.6 Å². The van der Waals surface area contributed by atoms with E-state index in [0.717, 1.165) is 4.68 Å². The molecule has 0 saturated heterocycles. The van der Waals surface area contributed by atoms with Gasteiger partial charge in [-0.1, -0.05) is 6.07 Å². The van der Waals surface area contributed by atoms with Crippen LogP contribution in [0.15, 0.2) is 65.5 Å². The lowest BCUT2D eigenvalue weighted by atomic mass is 10.0. The van der Waals surface area contributed by atoms with E-state index in [1.807, 2.05) is 0 Å². The number of nitrogens with one attached hydrogen (secondary N) is 2. The van der Waals surface area contributed by atoms with Crippen molar-refractivity contribution < 1.29 is 14.0 Å². The Kier molecular flexibility index (Phi) is 5.77. The number of nitrogens with zero attached hydrogens (tertiary/aromatic N) is 2. The van der Waals surface area contributed by atoms with Crippen molar-refractivity contribution in [3.63, 3.8) is 0 Å². The van der Waals surface area contributed by atoms with Gasteiger partial charge in [0, 0.05) is 29.9 Å². The molecule has 0 unspecified atom stereocenters. The Labute approximate surface area is 172 Å². The van der Waals surface area contributed by atoms with Crippen LogP contribution in [0.5, 0.6) is 0 Å². The molecule has 0 spiro atoms. The van der Waals surface area contributed by atoms with E-state index in [9.17, 15) is 18.8 Å². The van der Waals surface area contributed by atoms with Crippen LogP contribution in [0, 0.1) is 5.82 Å². The number of anilines is 2. The fourth-order valence-corrected chi connectivity index (χ4v) is 2.84. The van der Waals surface area contributed by atoms with E-state index in [1.54, 1.807) is 50.2 Å². The number of carbonyl (C=O) groups excluding carboxylic acids is 2. The third-order valence-electron chi connectivity index (χ3n) is 4.47. The van der Waals surface area contributed by atoms with Crippen molar-refractivity contribution in [1.82, 2.24) is 9.78 Å². The van der Waals surface area contributed by atoms with Crippen molar-refractivity contribution in [1.29, 1.82) is 0 Å². The van der Waals surface area contributed by atoms with E-state index in [1.165, 1.54) is 31.2 Å². The highest BCUT2D eigenvalue weighted by Gasteiger charge is 2.32. The van der Waals surface area contributed by atoms with Gasteiger partial charge in [-0.2, -0.15) is 5.10 Å². The van der Waals surface area contributed by atoms with Crippen LogP contribution in [0.2, 0.25) is 0 Å². The van der Waals surface area contributed by atoms with Gasteiger partial charge in [0.05, 0.1) is 5.69 Å². The van der Waals surface area contributed by atoms with Gasteiger partial charge in [0.25, 0.3) is 11.5 Å². The molecule has 3 rings (SSSR count). The zero-order valence-electron chi connectivity index (χ0n) is 16.8. The second-order valence-electron chi connectivity index (χ2n) is 7.25. The topological polar surface area (TPSA) is 93.1 Å². The summed E-state index contributed by atoms with van der Waals surface area (Å²) >= 11 is 0. The lowest BCUT2D eigenvalue weighted by Crippen LogP contribution is -2.47. The molecule has 0 radical (unpaired) electrons. The van der Waals surface area contributed by atoms with E-state index in [-0.39, 0.29) is 11.7 Å². The molecular formula is C22H21FN4O3. The highest BCUT2D eigenvalue weighted by molar-refractivity contribution is 5.97. The minimum Gasteiger partial charge on any atom is -0.326 e. The maximum Gasteiger partial charge on any atom is 0.267 e. The molecule has 7 nitrogen and oxygen atoms in total. The van der Waals surface area contributed by atoms with Crippen LogP contribution in [0.3, 0.4) is 0 Å². The number of benzene rings is 2. The van der Waals surface area contributed by atoms with Crippen LogP contribution in [0.1, 0.15) is 20.8 Å². The number of aromatic nitrogens is 2. The Bertz CT molecular complexity index is 1150. The first-order valence-corrected chi connectivity index (χ1v) is 9.23. The first-order chi connectivity index (χ1) is 14.2. The quantitative estimate of drug-likeness (QED) is 0.677. The second kappa shape index (κ2) is 8.28. The van der Waals surface area contributed by atoms with E-state index in [2.05, 4.69) is 15.7 Å². The van der Waals surface area contributed by atoms with Crippen molar-refractivity contribution in [2.24, 2.45) is 0 Å². The summed E-state index contributed by atoms with van der Waals surface area (Å²) in [5, 5.41) is 9.72. The predicted octanol–water partition coefficient (Wildman–Crippen LogP) is 3.38. The Hall–Kier alpha value is -3.81. The molecule has 8 heteroatoms. The molecule has 3 aromatic rings. The van der Waals surface area contributed by atoms with Crippen molar-refractivity contribution in [3.8, 4) is 11.3 Å². The number of halogens is 1. The average Bonchev–Trinajstić information content (AvgIpc) is 2.68. The summed E-state index contributed by atoms with van der Waals surface area (Å²) in [6, 6.07) is 15.2.